The van der Waals surface area contributed by atoms with E-state index in [9.17, 15) is 19.7 Å². The average Bonchev–Trinajstić information content (AvgIpc) is 2.72. The lowest BCUT2D eigenvalue weighted by Gasteiger charge is -2.17. The molecule has 0 amide bonds. The van der Waals surface area contributed by atoms with Crippen LogP contribution in [0.2, 0.25) is 0 Å². The smallest absolute Gasteiger partial charge is 0.339 e. The van der Waals surface area contributed by atoms with E-state index in [1.807, 2.05) is 6.92 Å². The Morgan fingerprint density at radius 2 is 1.46 bits per heavy atom. The zero-order valence-corrected chi connectivity index (χ0v) is 15.1. The number of carbonyl (C=O) groups excluding carboxylic acids is 2. The maximum Gasteiger partial charge on any atom is 0.339 e. The molecule has 0 unspecified atom stereocenters. The third-order valence-corrected chi connectivity index (χ3v) is 4.22. The third kappa shape index (κ3) is 4.29. The number of aryl methyl sites for hydroxylation is 1. The van der Waals surface area contributed by atoms with Gasteiger partial charge in [-0.3, -0.25) is 14.9 Å². The van der Waals surface area contributed by atoms with E-state index in [0.717, 1.165) is 5.56 Å². The molecule has 0 aromatic heterocycles. The average molecular weight is 375 g/mol. The zero-order valence-electron chi connectivity index (χ0n) is 15.1. The highest BCUT2D eigenvalue weighted by Crippen LogP contribution is 2.26. The van der Waals surface area contributed by atoms with Gasteiger partial charge in [-0.25, -0.2) is 4.79 Å². The standard InChI is InChI=1S/C22H17NO5/c1-15-7-9-18(10-8-15)22(25)28-21(20(24)16-5-3-2-4-6-16)17-11-13-19(14-12-17)23(26)27/h2-14,21H,1H3/t21-/m0/s1. The van der Waals surface area contributed by atoms with E-state index in [0.29, 0.717) is 16.7 Å². The Balaban J connectivity index is 1.94. The van der Waals surface area contributed by atoms with E-state index in [4.69, 9.17) is 4.74 Å². The topological polar surface area (TPSA) is 86.5 Å². The lowest BCUT2D eigenvalue weighted by atomic mass is 9.99. The lowest BCUT2D eigenvalue weighted by molar-refractivity contribution is -0.384. The summed E-state index contributed by atoms with van der Waals surface area (Å²) in [7, 11) is 0. The van der Waals surface area contributed by atoms with Gasteiger partial charge in [0.05, 0.1) is 10.5 Å². The molecule has 0 saturated carbocycles. The van der Waals surface area contributed by atoms with Crippen LogP contribution in [0.15, 0.2) is 78.9 Å². The number of benzene rings is 3. The van der Waals surface area contributed by atoms with Gasteiger partial charge in [0.1, 0.15) is 0 Å². The summed E-state index contributed by atoms with van der Waals surface area (Å²) >= 11 is 0. The molecule has 0 N–H and O–H groups in total. The normalized spacial score (nSPS) is 11.5. The molecule has 0 aliphatic heterocycles. The van der Waals surface area contributed by atoms with E-state index in [1.165, 1.54) is 24.3 Å². The molecular formula is C22H17NO5. The SMILES string of the molecule is Cc1ccc(C(=O)O[C@H](C(=O)c2ccccc2)c2ccc([N+](=O)[O-])cc2)cc1. The number of nitrogens with zero attached hydrogens (tertiary/aromatic N) is 1. The fourth-order valence-corrected chi connectivity index (χ4v) is 2.66. The molecule has 1 atom stereocenters. The van der Waals surface area contributed by atoms with Crippen LogP contribution in [0, 0.1) is 17.0 Å². The zero-order chi connectivity index (χ0) is 20.1. The fraction of sp³-hybridized carbons (Fsp3) is 0.0909. The Kier molecular flexibility index (Phi) is 5.60. The van der Waals surface area contributed by atoms with Crippen LogP contribution in [0.25, 0.3) is 0 Å². The van der Waals surface area contributed by atoms with Crippen molar-refractivity contribution < 1.29 is 19.2 Å². The molecule has 3 aromatic carbocycles. The molecule has 0 aliphatic carbocycles. The highest BCUT2D eigenvalue weighted by atomic mass is 16.6. The maximum atomic E-state index is 13.0. The van der Waals surface area contributed by atoms with Crippen LogP contribution in [0.4, 0.5) is 5.69 Å². The van der Waals surface area contributed by atoms with Crippen molar-refractivity contribution in [1.29, 1.82) is 0 Å². The number of hydrogen-bond acceptors (Lipinski definition) is 5. The Hall–Kier alpha value is -3.80. The van der Waals surface area contributed by atoms with Crippen molar-refractivity contribution in [3.05, 3.63) is 111 Å². The predicted octanol–water partition coefficient (Wildman–Crippen LogP) is 4.68. The molecule has 0 heterocycles. The number of rotatable bonds is 6. The van der Waals surface area contributed by atoms with Crippen LogP contribution in [0.5, 0.6) is 0 Å². The molecule has 3 rings (SSSR count). The summed E-state index contributed by atoms with van der Waals surface area (Å²) < 4.78 is 5.52. The van der Waals surface area contributed by atoms with Crippen LogP contribution in [-0.4, -0.2) is 16.7 Å². The molecule has 3 aromatic rings. The van der Waals surface area contributed by atoms with Crippen LogP contribution >= 0.6 is 0 Å². The first-order chi connectivity index (χ1) is 13.5. The highest BCUT2D eigenvalue weighted by Gasteiger charge is 2.27. The molecule has 0 aliphatic rings. The second kappa shape index (κ2) is 8.26. The first-order valence-corrected chi connectivity index (χ1v) is 8.57. The molecule has 0 bridgehead atoms. The van der Waals surface area contributed by atoms with E-state index in [1.54, 1.807) is 54.6 Å². The molecule has 6 heteroatoms. The predicted molar refractivity (Wildman–Crippen MR) is 103 cm³/mol. The summed E-state index contributed by atoms with van der Waals surface area (Å²) in [6.07, 6.45) is -1.21. The van der Waals surface area contributed by atoms with Gasteiger partial charge in [0.15, 0.2) is 6.10 Å². The second-order valence-corrected chi connectivity index (χ2v) is 6.23. The van der Waals surface area contributed by atoms with Crippen molar-refractivity contribution in [1.82, 2.24) is 0 Å². The number of esters is 1. The molecule has 6 nitrogen and oxygen atoms in total. The molecule has 28 heavy (non-hydrogen) atoms. The van der Waals surface area contributed by atoms with Gasteiger partial charge < -0.3 is 4.74 Å². The monoisotopic (exact) mass is 375 g/mol. The summed E-state index contributed by atoms with van der Waals surface area (Å²) in [6, 6.07) is 20.6. The summed E-state index contributed by atoms with van der Waals surface area (Å²) in [5.41, 5.74) is 1.93. The molecule has 140 valence electrons. The van der Waals surface area contributed by atoms with Crippen molar-refractivity contribution in [3.63, 3.8) is 0 Å². The van der Waals surface area contributed by atoms with E-state index >= 15 is 0 Å². The Labute approximate surface area is 161 Å². The molecular weight excluding hydrogens is 358 g/mol. The number of nitro groups is 1. The van der Waals surface area contributed by atoms with Crippen molar-refractivity contribution in [2.45, 2.75) is 13.0 Å². The fourth-order valence-electron chi connectivity index (χ4n) is 2.66. The van der Waals surface area contributed by atoms with E-state index in [-0.39, 0.29) is 5.69 Å². The number of ketones is 1. The minimum Gasteiger partial charge on any atom is -0.445 e. The largest absolute Gasteiger partial charge is 0.445 e. The number of Topliss-reactive ketones (excluding diaryl/α,β-unsaturated/α-hetero) is 1. The number of nitro benzene ring substituents is 1. The lowest BCUT2D eigenvalue weighted by Crippen LogP contribution is -2.20. The van der Waals surface area contributed by atoms with Gasteiger partial charge in [-0.05, 0) is 31.2 Å². The molecule has 0 fully saturated rings. The third-order valence-electron chi connectivity index (χ3n) is 4.22. The van der Waals surface area contributed by atoms with Gasteiger partial charge in [0.25, 0.3) is 5.69 Å². The number of hydrogen-bond donors (Lipinski definition) is 0. The van der Waals surface area contributed by atoms with E-state index < -0.39 is 22.8 Å². The quantitative estimate of drug-likeness (QED) is 0.270. The number of non-ortho nitro benzene ring substituents is 1. The molecule has 0 radical (unpaired) electrons. The second-order valence-electron chi connectivity index (χ2n) is 6.23. The maximum absolute atomic E-state index is 13.0. The minimum atomic E-state index is -1.21. The summed E-state index contributed by atoms with van der Waals surface area (Å²) in [5.74, 6) is -1.05. The van der Waals surface area contributed by atoms with Crippen LogP contribution in [0.1, 0.15) is 37.9 Å². The van der Waals surface area contributed by atoms with Gasteiger partial charge in [-0.15, -0.1) is 0 Å². The number of carbonyl (C=O) groups is 2. The summed E-state index contributed by atoms with van der Waals surface area (Å²) in [6.45, 7) is 1.90. The summed E-state index contributed by atoms with van der Waals surface area (Å²) in [5, 5.41) is 10.9. The van der Waals surface area contributed by atoms with Crippen molar-refractivity contribution in [3.8, 4) is 0 Å². The van der Waals surface area contributed by atoms with Crippen LogP contribution in [-0.2, 0) is 4.74 Å². The van der Waals surface area contributed by atoms with Crippen molar-refractivity contribution >= 4 is 17.4 Å². The van der Waals surface area contributed by atoms with Gasteiger partial charge >= 0.3 is 5.97 Å². The minimum absolute atomic E-state index is 0.112. The first kappa shape index (κ1) is 19.0. The van der Waals surface area contributed by atoms with Gasteiger partial charge in [0, 0.05) is 23.3 Å². The number of ether oxygens (including phenoxy) is 1. The molecule has 0 spiro atoms. The van der Waals surface area contributed by atoms with Gasteiger partial charge in [-0.2, -0.15) is 0 Å². The van der Waals surface area contributed by atoms with Crippen molar-refractivity contribution in [2.24, 2.45) is 0 Å². The van der Waals surface area contributed by atoms with E-state index in [2.05, 4.69) is 0 Å². The Morgan fingerprint density at radius 1 is 0.857 bits per heavy atom. The Bertz CT molecular complexity index is 995. The van der Waals surface area contributed by atoms with Gasteiger partial charge in [0.2, 0.25) is 5.78 Å². The Morgan fingerprint density at radius 3 is 2.04 bits per heavy atom. The van der Waals surface area contributed by atoms with Gasteiger partial charge in [-0.1, -0.05) is 48.0 Å². The van der Waals surface area contributed by atoms with Crippen LogP contribution in [0.3, 0.4) is 0 Å². The highest BCUT2D eigenvalue weighted by molar-refractivity contribution is 6.02. The van der Waals surface area contributed by atoms with Crippen LogP contribution < -0.4 is 0 Å². The first-order valence-electron chi connectivity index (χ1n) is 8.57. The summed E-state index contributed by atoms with van der Waals surface area (Å²) in [4.78, 5) is 35.9. The molecule has 0 saturated heterocycles. The van der Waals surface area contributed by atoms with Crippen molar-refractivity contribution in [2.75, 3.05) is 0 Å².